The Bertz CT molecular complexity index is 654. The molecule has 2 fully saturated rings. The van der Waals surface area contributed by atoms with Crippen molar-refractivity contribution in [1.29, 1.82) is 0 Å². The molecule has 5 heteroatoms. The monoisotopic (exact) mass is 345 g/mol. The van der Waals surface area contributed by atoms with Crippen molar-refractivity contribution in [1.82, 2.24) is 4.90 Å². The molecular formula is C20H27NO4. The fourth-order valence-electron chi connectivity index (χ4n) is 4.17. The lowest BCUT2D eigenvalue weighted by molar-refractivity contribution is -0.190. The second-order valence-electron chi connectivity index (χ2n) is 7.80. The van der Waals surface area contributed by atoms with E-state index in [1.54, 1.807) is 0 Å². The number of amides is 1. The highest BCUT2D eigenvalue weighted by molar-refractivity contribution is 5.85. The molecule has 25 heavy (non-hydrogen) atoms. The van der Waals surface area contributed by atoms with E-state index in [0.717, 1.165) is 31.4 Å². The number of hydrogen-bond donors (Lipinski definition) is 0. The predicted octanol–water partition coefficient (Wildman–Crippen LogP) is 2.70. The maximum atomic E-state index is 13.0. The summed E-state index contributed by atoms with van der Waals surface area (Å²) >= 11 is 0. The van der Waals surface area contributed by atoms with Gasteiger partial charge in [0, 0.05) is 25.9 Å². The fraction of sp³-hybridized carbons (Fsp3) is 0.650. The van der Waals surface area contributed by atoms with Crippen LogP contribution in [0.5, 0.6) is 5.75 Å². The molecule has 5 nitrogen and oxygen atoms in total. The number of carbonyl (C=O) groups is 1. The van der Waals surface area contributed by atoms with E-state index in [2.05, 4.69) is 12.1 Å². The van der Waals surface area contributed by atoms with Crippen molar-refractivity contribution in [2.75, 3.05) is 26.3 Å². The van der Waals surface area contributed by atoms with Gasteiger partial charge in [0.25, 0.3) is 5.91 Å². The van der Waals surface area contributed by atoms with E-state index < -0.39 is 11.4 Å². The first-order chi connectivity index (χ1) is 12.0. The number of nitrogens with zero attached hydrogens (tertiary/aromatic N) is 1. The van der Waals surface area contributed by atoms with Gasteiger partial charge in [0.15, 0.2) is 11.4 Å². The van der Waals surface area contributed by atoms with Gasteiger partial charge in [-0.3, -0.25) is 4.79 Å². The minimum absolute atomic E-state index is 0.0286. The van der Waals surface area contributed by atoms with Gasteiger partial charge in [0.05, 0.1) is 13.2 Å². The van der Waals surface area contributed by atoms with Crippen molar-refractivity contribution in [3.05, 3.63) is 29.3 Å². The highest BCUT2D eigenvalue weighted by Gasteiger charge is 2.43. The number of carbonyl (C=O) groups excluding carboxylic acids is 1. The van der Waals surface area contributed by atoms with Crippen molar-refractivity contribution >= 4 is 5.91 Å². The number of aryl methyl sites for hydroxylation is 2. The van der Waals surface area contributed by atoms with Crippen LogP contribution in [0.15, 0.2) is 18.2 Å². The van der Waals surface area contributed by atoms with Crippen LogP contribution in [0.4, 0.5) is 0 Å². The number of piperidine rings is 1. The maximum absolute atomic E-state index is 13.0. The smallest absolute Gasteiger partial charge is 0.266 e. The van der Waals surface area contributed by atoms with Gasteiger partial charge in [-0.1, -0.05) is 6.07 Å². The first-order valence-electron chi connectivity index (χ1n) is 9.36. The van der Waals surface area contributed by atoms with Gasteiger partial charge < -0.3 is 19.1 Å². The molecule has 0 aromatic heterocycles. The molecule has 0 radical (unpaired) electrons. The Hall–Kier alpha value is -1.59. The topological polar surface area (TPSA) is 48.0 Å². The Morgan fingerprint density at radius 1 is 1.12 bits per heavy atom. The minimum atomic E-state index is -0.880. The van der Waals surface area contributed by atoms with Crippen LogP contribution in [-0.4, -0.2) is 48.5 Å². The fourth-order valence-corrected chi connectivity index (χ4v) is 4.17. The van der Waals surface area contributed by atoms with Crippen LogP contribution in [-0.2, 0) is 27.1 Å². The van der Waals surface area contributed by atoms with Gasteiger partial charge in [0.2, 0.25) is 0 Å². The van der Waals surface area contributed by atoms with E-state index in [1.165, 1.54) is 17.5 Å². The van der Waals surface area contributed by atoms with Crippen LogP contribution in [0.25, 0.3) is 0 Å². The molecule has 3 aliphatic rings. The first kappa shape index (κ1) is 16.9. The Morgan fingerprint density at radius 3 is 2.52 bits per heavy atom. The summed E-state index contributed by atoms with van der Waals surface area (Å²) in [6.07, 6.45) is 4.93. The predicted molar refractivity (Wildman–Crippen MR) is 93.6 cm³/mol. The molecule has 0 bridgehead atoms. The van der Waals surface area contributed by atoms with Gasteiger partial charge in [-0.15, -0.1) is 0 Å². The molecule has 2 aliphatic heterocycles. The zero-order valence-electron chi connectivity index (χ0n) is 15.2. The molecule has 0 atom stereocenters. The zero-order valence-corrected chi connectivity index (χ0v) is 15.2. The summed E-state index contributed by atoms with van der Waals surface area (Å²) in [5.74, 6) is 0.359. The van der Waals surface area contributed by atoms with Crippen molar-refractivity contribution in [3.63, 3.8) is 0 Å². The quantitative estimate of drug-likeness (QED) is 0.845. The van der Waals surface area contributed by atoms with E-state index in [4.69, 9.17) is 14.2 Å². The minimum Gasteiger partial charge on any atom is -0.478 e. The van der Waals surface area contributed by atoms with Gasteiger partial charge in [-0.2, -0.15) is 0 Å². The molecule has 0 N–H and O–H groups in total. The SMILES string of the molecule is CC(C)(Oc1ccc2c(c1)CCC2)C(=O)N1CCC2(CC1)OCCO2. The van der Waals surface area contributed by atoms with Crippen molar-refractivity contribution in [3.8, 4) is 5.75 Å². The molecule has 4 rings (SSSR count). The first-order valence-corrected chi connectivity index (χ1v) is 9.36. The number of fused-ring (bicyclic) bond motifs is 1. The van der Waals surface area contributed by atoms with E-state index in [9.17, 15) is 4.79 Å². The summed E-state index contributed by atoms with van der Waals surface area (Å²) in [6, 6.07) is 6.23. The van der Waals surface area contributed by atoms with Crippen LogP contribution in [0.1, 0.15) is 44.2 Å². The van der Waals surface area contributed by atoms with Gasteiger partial charge in [0.1, 0.15) is 5.75 Å². The number of likely N-dealkylation sites (tertiary alicyclic amines) is 1. The molecular weight excluding hydrogens is 318 g/mol. The molecule has 1 aromatic rings. The average Bonchev–Trinajstić information content (AvgIpc) is 3.24. The summed E-state index contributed by atoms with van der Waals surface area (Å²) in [5.41, 5.74) is 1.89. The van der Waals surface area contributed by atoms with Crippen molar-refractivity contribution < 1.29 is 19.0 Å². The highest BCUT2D eigenvalue weighted by atomic mass is 16.7. The van der Waals surface area contributed by atoms with Gasteiger partial charge >= 0.3 is 0 Å². The molecule has 1 aromatic carbocycles. The summed E-state index contributed by atoms with van der Waals surface area (Å²) in [6.45, 7) is 6.32. The summed E-state index contributed by atoms with van der Waals surface area (Å²) in [4.78, 5) is 14.9. The lowest BCUT2D eigenvalue weighted by Crippen LogP contribution is -2.54. The normalized spacial score (nSPS) is 22.2. The van der Waals surface area contributed by atoms with Crippen LogP contribution in [0.2, 0.25) is 0 Å². The van der Waals surface area contributed by atoms with Crippen LogP contribution in [0.3, 0.4) is 0 Å². The molecule has 0 saturated carbocycles. The third kappa shape index (κ3) is 3.27. The highest BCUT2D eigenvalue weighted by Crippen LogP contribution is 2.33. The largest absolute Gasteiger partial charge is 0.478 e. The molecule has 2 saturated heterocycles. The lowest BCUT2D eigenvalue weighted by Gasteiger charge is -2.40. The van der Waals surface area contributed by atoms with Crippen molar-refractivity contribution in [2.24, 2.45) is 0 Å². The Balaban J connectivity index is 1.40. The van der Waals surface area contributed by atoms with Gasteiger partial charge in [-0.25, -0.2) is 0 Å². The number of hydrogen-bond acceptors (Lipinski definition) is 4. The Kier molecular flexibility index (Phi) is 4.24. The van der Waals surface area contributed by atoms with E-state index in [1.807, 2.05) is 24.8 Å². The van der Waals surface area contributed by atoms with E-state index >= 15 is 0 Å². The second-order valence-corrected chi connectivity index (χ2v) is 7.80. The van der Waals surface area contributed by atoms with Crippen LogP contribution >= 0.6 is 0 Å². The molecule has 1 amide bonds. The van der Waals surface area contributed by atoms with E-state index in [0.29, 0.717) is 26.3 Å². The van der Waals surface area contributed by atoms with Crippen molar-refractivity contribution in [2.45, 2.75) is 57.3 Å². The third-order valence-corrected chi connectivity index (χ3v) is 5.58. The van der Waals surface area contributed by atoms with Crippen LogP contribution in [0, 0.1) is 0 Å². The number of rotatable bonds is 3. The van der Waals surface area contributed by atoms with Gasteiger partial charge in [-0.05, 0) is 56.4 Å². The number of benzene rings is 1. The standard InChI is InChI=1S/C20H27NO4/c1-19(2,25-17-7-6-15-4-3-5-16(15)14-17)18(22)21-10-8-20(9-11-21)23-12-13-24-20/h6-7,14H,3-5,8-13H2,1-2H3. The molecule has 0 unspecified atom stereocenters. The third-order valence-electron chi connectivity index (χ3n) is 5.58. The molecule has 2 heterocycles. The van der Waals surface area contributed by atoms with E-state index in [-0.39, 0.29) is 5.91 Å². The summed E-state index contributed by atoms with van der Waals surface area (Å²) in [7, 11) is 0. The number of ether oxygens (including phenoxy) is 3. The summed E-state index contributed by atoms with van der Waals surface area (Å²) < 4.78 is 17.6. The molecule has 1 spiro atoms. The summed E-state index contributed by atoms with van der Waals surface area (Å²) in [5, 5.41) is 0. The maximum Gasteiger partial charge on any atom is 0.266 e. The molecule has 1 aliphatic carbocycles. The molecule has 136 valence electrons. The average molecular weight is 345 g/mol. The zero-order chi connectivity index (χ0) is 17.5. The van der Waals surface area contributed by atoms with Crippen LogP contribution < -0.4 is 4.74 Å². The Labute approximate surface area is 149 Å². The lowest BCUT2D eigenvalue weighted by atomic mass is 10.00. The second kappa shape index (κ2) is 6.29. The Morgan fingerprint density at radius 2 is 1.80 bits per heavy atom.